The monoisotopic (exact) mass is 429 g/mol. The zero-order valence-corrected chi connectivity index (χ0v) is 15.7. The van der Waals surface area contributed by atoms with Gasteiger partial charge in [0.15, 0.2) is 5.58 Å². The number of hydrogen-bond donors (Lipinski definition) is 0. The molecule has 118 valence electrons. The van der Waals surface area contributed by atoms with Gasteiger partial charge in [-0.15, -0.1) is 0 Å². The highest BCUT2D eigenvalue weighted by atomic mass is 79.9. The molecule has 0 aliphatic carbocycles. The van der Waals surface area contributed by atoms with Crippen molar-refractivity contribution in [1.29, 1.82) is 0 Å². The van der Waals surface area contributed by atoms with Crippen LogP contribution in [0.15, 0.2) is 36.4 Å². The molecule has 0 spiro atoms. The molecule has 1 amide bonds. The average Bonchev–Trinajstić information content (AvgIpc) is 2.46. The van der Waals surface area contributed by atoms with Gasteiger partial charge in [-0.2, -0.15) is 0 Å². The molecule has 22 heavy (non-hydrogen) atoms. The number of carbonyl (C=O) groups is 1. The van der Waals surface area contributed by atoms with Crippen LogP contribution in [-0.4, -0.2) is 23.9 Å². The van der Waals surface area contributed by atoms with E-state index in [1.54, 1.807) is 17.0 Å². The Bertz CT molecular complexity index is 749. The second-order valence-electron chi connectivity index (χ2n) is 5.05. The van der Waals surface area contributed by atoms with Gasteiger partial charge in [0.05, 0.1) is 4.47 Å². The van der Waals surface area contributed by atoms with Gasteiger partial charge < -0.3 is 9.32 Å². The first-order valence-electron chi connectivity index (χ1n) is 7.20. The van der Waals surface area contributed by atoms with Crippen molar-refractivity contribution in [2.75, 3.05) is 13.1 Å². The number of halogens is 2. The summed E-state index contributed by atoms with van der Waals surface area (Å²) in [6.07, 6.45) is 1.70. The number of fused-ring (bicyclic) bond motifs is 1. The third-order valence-electron chi connectivity index (χ3n) is 3.26. The van der Waals surface area contributed by atoms with E-state index in [1.807, 2.05) is 19.9 Å². The van der Waals surface area contributed by atoms with Crippen LogP contribution in [0.5, 0.6) is 0 Å². The number of rotatable bonds is 5. The molecular formula is C16H17Br2NO3. The maximum absolute atomic E-state index is 12.6. The average molecular weight is 431 g/mol. The number of hydrogen-bond acceptors (Lipinski definition) is 3. The van der Waals surface area contributed by atoms with E-state index in [1.165, 1.54) is 0 Å². The summed E-state index contributed by atoms with van der Waals surface area (Å²) in [5.74, 6) is -0.268. The van der Waals surface area contributed by atoms with E-state index in [4.69, 9.17) is 4.42 Å². The lowest BCUT2D eigenvalue weighted by atomic mass is 10.1. The molecule has 0 radical (unpaired) electrons. The van der Waals surface area contributed by atoms with Crippen LogP contribution in [0.2, 0.25) is 0 Å². The second-order valence-corrected chi connectivity index (χ2v) is 6.82. The minimum Gasteiger partial charge on any atom is -0.421 e. The summed E-state index contributed by atoms with van der Waals surface area (Å²) < 4.78 is 6.85. The summed E-state index contributed by atoms with van der Waals surface area (Å²) in [5, 5.41) is 0.706. The van der Waals surface area contributed by atoms with E-state index in [2.05, 4.69) is 31.9 Å². The maximum atomic E-state index is 12.6. The molecule has 0 atom stereocenters. The largest absolute Gasteiger partial charge is 0.421 e. The van der Waals surface area contributed by atoms with E-state index in [-0.39, 0.29) is 11.5 Å². The van der Waals surface area contributed by atoms with Crippen LogP contribution in [0.1, 0.15) is 37.0 Å². The molecule has 1 aromatic heterocycles. The fourth-order valence-corrected chi connectivity index (χ4v) is 3.67. The molecule has 0 aliphatic rings. The molecule has 0 N–H and O–H groups in total. The summed E-state index contributed by atoms with van der Waals surface area (Å²) in [7, 11) is 0. The molecule has 4 nitrogen and oxygen atoms in total. The summed E-state index contributed by atoms with van der Waals surface area (Å²) in [6, 6.07) is 5.23. The van der Waals surface area contributed by atoms with Crippen LogP contribution >= 0.6 is 31.9 Å². The molecule has 0 fully saturated rings. The van der Waals surface area contributed by atoms with E-state index >= 15 is 0 Å². The molecule has 1 aromatic carbocycles. The fourth-order valence-electron chi connectivity index (χ4n) is 2.33. The molecule has 0 bridgehead atoms. The summed E-state index contributed by atoms with van der Waals surface area (Å²) in [6.45, 7) is 5.28. The molecule has 0 aliphatic heterocycles. The van der Waals surface area contributed by atoms with Gasteiger partial charge in [0.2, 0.25) is 0 Å². The molecule has 0 saturated carbocycles. The molecular weight excluding hydrogens is 414 g/mol. The third-order valence-corrected chi connectivity index (χ3v) is 4.30. The highest BCUT2D eigenvalue weighted by Crippen LogP contribution is 2.28. The first-order chi connectivity index (χ1) is 10.5. The first kappa shape index (κ1) is 17.2. The van der Waals surface area contributed by atoms with Gasteiger partial charge >= 0.3 is 5.63 Å². The molecule has 0 saturated heterocycles. The molecule has 6 heteroatoms. The second kappa shape index (κ2) is 7.42. The van der Waals surface area contributed by atoms with Gasteiger partial charge in [0.25, 0.3) is 5.91 Å². The molecule has 2 aromatic rings. The van der Waals surface area contributed by atoms with Gasteiger partial charge in [-0.1, -0.05) is 29.8 Å². The maximum Gasteiger partial charge on any atom is 0.349 e. The predicted octanol–water partition coefficient (Wildman–Crippen LogP) is 4.58. The van der Waals surface area contributed by atoms with Crippen LogP contribution in [0.3, 0.4) is 0 Å². The molecule has 1 heterocycles. The number of amides is 1. The van der Waals surface area contributed by atoms with Crippen LogP contribution in [0.25, 0.3) is 11.0 Å². The Labute approximate surface area is 145 Å². The van der Waals surface area contributed by atoms with E-state index in [9.17, 15) is 9.59 Å². The van der Waals surface area contributed by atoms with Crippen molar-refractivity contribution in [2.45, 2.75) is 26.7 Å². The normalized spacial score (nSPS) is 10.9. The van der Waals surface area contributed by atoms with Gasteiger partial charge in [-0.3, -0.25) is 4.79 Å². The highest BCUT2D eigenvalue weighted by Gasteiger charge is 2.20. The highest BCUT2D eigenvalue weighted by molar-refractivity contribution is 9.11. The lowest BCUT2D eigenvalue weighted by Crippen LogP contribution is -2.35. The standard InChI is InChI=1S/C16H17Br2NO3/c1-3-5-19(6-4-2)15(20)12-8-10-7-11(17)9-13(18)14(10)22-16(12)21/h7-9H,3-6H2,1-2H3. The van der Waals surface area contributed by atoms with Crippen LogP contribution in [-0.2, 0) is 0 Å². The zero-order valence-electron chi connectivity index (χ0n) is 12.5. The Hall–Kier alpha value is -1.14. The van der Waals surface area contributed by atoms with Crippen molar-refractivity contribution in [2.24, 2.45) is 0 Å². The Morgan fingerprint density at radius 2 is 1.77 bits per heavy atom. The summed E-state index contributed by atoms with van der Waals surface area (Å²) in [5.41, 5.74) is -0.0700. The Morgan fingerprint density at radius 3 is 2.36 bits per heavy atom. The van der Waals surface area contributed by atoms with E-state index in [0.717, 1.165) is 17.3 Å². The van der Waals surface area contributed by atoms with Gasteiger partial charge in [-0.05, 0) is 47.0 Å². The predicted molar refractivity (Wildman–Crippen MR) is 94.4 cm³/mol. The smallest absolute Gasteiger partial charge is 0.349 e. The Balaban J connectivity index is 2.53. The van der Waals surface area contributed by atoms with Crippen molar-refractivity contribution in [1.82, 2.24) is 4.90 Å². The van der Waals surface area contributed by atoms with Crippen LogP contribution < -0.4 is 5.63 Å². The van der Waals surface area contributed by atoms with Gasteiger partial charge in [-0.25, -0.2) is 4.79 Å². The number of benzene rings is 1. The lowest BCUT2D eigenvalue weighted by molar-refractivity contribution is 0.0751. The third kappa shape index (κ3) is 3.60. The van der Waals surface area contributed by atoms with Crippen molar-refractivity contribution < 1.29 is 9.21 Å². The van der Waals surface area contributed by atoms with Crippen molar-refractivity contribution >= 4 is 48.7 Å². The van der Waals surface area contributed by atoms with Crippen LogP contribution in [0.4, 0.5) is 0 Å². The Kier molecular flexibility index (Phi) is 5.81. The number of nitrogens with zero attached hydrogens (tertiary/aromatic N) is 1. The van der Waals surface area contributed by atoms with Gasteiger partial charge in [0.1, 0.15) is 5.56 Å². The minimum absolute atomic E-state index is 0.0828. The van der Waals surface area contributed by atoms with E-state index < -0.39 is 5.63 Å². The summed E-state index contributed by atoms with van der Waals surface area (Å²) >= 11 is 6.76. The van der Waals surface area contributed by atoms with Crippen molar-refractivity contribution in [3.05, 3.63) is 43.1 Å². The SMILES string of the molecule is CCCN(CCC)C(=O)c1cc2cc(Br)cc(Br)c2oc1=O. The molecule has 0 unspecified atom stereocenters. The minimum atomic E-state index is -0.599. The fraction of sp³-hybridized carbons (Fsp3) is 0.375. The van der Waals surface area contributed by atoms with Crippen molar-refractivity contribution in [3.8, 4) is 0 Å². The topological polar surface area (TPSA) is 50.5 Å². The molecule has 2 rings (SSSR count). The van der Waals surface area contributed by atoms with Gasteiger partial charge in [0, 0.05) is 22.9 Å². The first-order valence-corrected chi connectivity index (χ1v) is 8.78. The van der Waals surface area contributed by atoms with Crippen LogP contribution in [0, 0.1) is 0 Å². The lowest BCUT2D eigenvalue weighted by Gasteiger charge is -2.21. The summed E-state index contributed by atoms with van der Waals surface area (Å²) in [4.78, 5) is 26.5. The van der Waals surface area contributed by atoms with E-state index in [0.29, 0.717) is 28.5 Å². The quantitative estimate of drug-likeness (QED) is 0.652. The van der Waals surface area contributed by atoms with Crippen molar-refractivity contribution in [3.63, 3.8) is 0 Å². The number of carbonyl (C=O) groups excluding carboxylic acids is 1. The zero-order chi connectivity index (χ0) is 16.3. The Morgan fingerprint density at radius 1 is 1.14 bits per heavy atom.